The molecule has 2 aromatic heterocycles. The molecule has 0 unspecified atom stereocenters. The highest BCUT2D eigenvalue weighted by atomic mass is 32.1. The molecule has 0 bridgehead atoms. The first-order valence-corrected chi connectivity index (χ1v) is 11.5. The van der Waals surface area contributed by atoms with Crippen LogP contribution in [0.25, 0.3) is 11.0 Å². The highest BCUT2D eigenvalue weighted by Crippen LogP contribution is 2.34. The van der Waals surface area contributed by atoms with E-state index in [1.807, 2.05) is 20.8 Å². The Bertz CT molecular complexity index is 1190. The number of rotatable bonds is 9. The Balaban J connectivity index is 1.71. The third-order valence-corrected chi connectivity index (χ3v) is 6.10. The van der Waals surface area contributed by atoms with Crippen LogP contribution in [0.5, 0.6) is 5.75 Å². The minimum Gasteiger partial charge on any atom is -0.494 e. The molecule has 8 nitrogen and oxygen atoms in total. The lowest BCUT2D eigenvalue weighted by Crippen LogP contribution is -2.22. The first-order valence-electron chi connectivity index (χ1n) is 10.7. The first-order chi connectivity index (χ1) is 15.8. The van der Waals surface area contributed by atoms with Crippen molar-refractivity contribution in [2.24, 2.45) is 0 Å². The number of carbonyl (C=O) groups is 3. The van der Waals surface area contributed by atoms with Crippen molar-refractivity contribution in [2.45, 2.75) is 41.0 Å². The highest BCUT2D eigenvalue weighted by molar-refractivity contribution is 7.16. The van der Waals surface area contributed by atoms with E-state index in [-0.39, 0.29) is 12.4 Å². The van der Waals surface area contributed by atoms with Gasteiger partial charge in [0.05, 0.1) is 18.8 Å². The van der Waals surface area contributed by atoms with E-state index < -0.39 is 24.5 Å². The van der Waals surface area contributed by atoms with Crippen LogP contribution in [-0.4, -0.2) is 37.7 Å². The van der Waals surface area contributed by atoms with Gasteiger partial charge in [0.2, 0.25) is 5.76 Å². The second kappa shape index (κ2) is 10.5. The highest BCUT2D eigenvalue weighted by Gasteiger charge is 2.25. The van der Waals surface area contributed by atoms with Crippen molar-refractivity contribution in [2.75, 3.05) is 25.1 Å². The van der Waals surface area contributed by atoms with Gasteiger partial charge in [-0.1, -0.05) is 6.92 Å². The van der Waals surface area contributed by atoms with Crippen molar-refractivity contribution in [3.05, 3.63) is 45.5 Å². The van der Waals surface area contributed by atoms with Crippen molar-refractivity contribution in [3.8, 4) is 5.75 Å². The van der Waals surface area contributed by atoms with E-state index in [0.29, 0.717) is 40.5 Å². The number of fused-ring (bicyclic) bond motifs is 1. The zero-order valence-electron chi connectivity index (χ0n) is 19.3. The van der Waals surface area contributed by atoms with Gasteiger partial charge in [-0.3, -0.25) is 4.79 Å². The zero-order chi connectivity index (χ0) is 24.1. The maximum atomic E-state index is 12.6. The molecular formula is C24H27NO7S. The van der Waals surface area contributed by atoms with E-state index in [9.17, 15) is 14.4 Å². The Labute approximate surface area is 195 Å². The summed E-state index contributed by atoms with van der Waals surface area (Å²) in [6.07, 6.45) is 0.623. The number of amides is 1. The van der Waals surface area contributed by atoms with Crippen molar-refractivity contribution < 1.29 is 33.0 Å². The monoisotopic (exact) mass is 473 g/mol. The smallest absolute Gasteiger partial charge is 0.375 e. The van der Waals surface area contributed by atoms with Gasteiger partial charge in [0.25, 0.3) is 5.91 Å². The molecule has 9 heteroatoms. The molecule has 3 aromatic rings. The summed E-state index contributed by atoms with van der Waals surface area (Å²) in [6.45, 7) is 9.37. The van der Waals surface area contributed by atoms with Crippen LogP contribution in [0.15, 0.2) is 22.6 Å². The van der Waals surface area contributed by atoms with E-state index in [4.69, 9.17) is 18.6 Å². The average molecular weight is 474 g/mol. The molecule has 0 fully saturated rings. The standard InChI is InChI=1S/C24H27NO7S/c1-6-16-14(5)33-22(20(16)23(27)30-8-3)25-19(26)12-31-24(28)21-13(4)17-11-15(29-7-2)9-10-18(17)32-21/h9-11H,6-8,12H2,1-5H3,(H,25,26). The Kier molecular flexibility index (Phi) is 7.75. The maximum Gasteiger partial charge on any atom is 0.375 e. The molecule has 0 atom stereocenters. The lowest BCUT2D eigenvalue weighted by Gasteiger charge is -2.08. The molecule has 3 rings (SSSR count). The van der Waals surface area contributed by atoms with Gasteiger partial charge >= 0.3 is 11.9 Å². The summed E-state index contributed by atoms with van der Waals surface area (Å²) in [5.74, 6) is -1.11. The fourth-order valence-corrected chi connectivity index (χ4v) is 4.67. The lowest BCUT2D eigenvalue weighted by atomic mass is 10.1. The molecule has 1 aromatic carbocycles. The van der Waals surface area contributed by atoms with E-state index in [1.54, 1.807) is 32.0 Å². The van der Waals surface area contributed by atoms with E-state index in [1.165, 1.54) is 11.3 Å². The van der Waals surface area contributed by atoms with Gasteiger partial charge in [-0.15, -0.1) is 11.3 Å². The van der Waals surface area contributed by atoms with Gasteiger partial charge in [-0.2, -0.15) is 0 Å². The quantitative estimate of drug-likeness (QED) is 0.434. The normalized spacial score (nSPS) is 10.8. The van der Waals surface area contributed by atoms with E-state index >= 15 is 0 Å². The average Bonchev–Trinajstić information content (AvgIpc) is 3.28. The number of hydrogen-bond acceptors (Lipinski definition) is 8. The van der Waals surface area contributed by atoms with Gasteiger partial charge in [-0.05, 0) is 57.9 Å². The summed E-state index contributed by atoms with van der Waals surface area (Å²) in [5, 5.41) is 3.78. The van der Waals surface area contributed by atoms with Crippen molar-refractivity contribution in [3.63, 3.8) is 0 Å². The second-order valence-electron chi connectivity index (χ2n) is 7.19. The summed E-state index contributed by atoms with van der Waals surface area (Å²) in [5.41, 5.74) is 2.30. The van der Waals surface area contributed by atoms with Gasteiger partial charge in [-0.25, -0.2) is 9.59 Å². The lowest BCUT2D eigenvalue weighted by molar-refractivity contribution is -0.119. The largest absolute Gasteiger partial charge is 0.494 e. The summed E-state index contributed by atoms with van der Waals surface area (Å²) in [4.78, 5) is 38.4. The summed E-state index contributed by atoms with van der Waals surface area (Å²) >= 11 is 1.29. The second-order valence-corrected chi connectivity index (χ2v) is 8.41. The van der Waals surface area contributed by atoms with Crippen LogP contribution in [-0.2, 0) is 20.7 Å². The number of hydrogen-bond donors (Lipinski definition) is 1. The number of nitrogens with one attached hydrogen (secondary N) is 1. The molecule has 0 radical (unpaired) electrons. The molecule has 2 heterocycles. The number of benzene rings is 1. The molecule has 0 spiro atoms. The topological polar surface area (TPSA) is 104 Å². The minimum absolute atomic E-state index is 0.0268. The molecule has 1 N–H and O–H groups in total. The van der Waals surface area contributed by atoms with Gasteiger partial charge in [0.1, 0.15) is 16.3 Å². The van der Waals surface area contributed by atoms with Gasteiger partial charge in [0.15, 0.2) is 6.61 Å². The van der Waals surface area contributed by atoms with Gasteiger partial charge in [0, 0.05) is 15.8 Å². The van der Waals surface area contributed by atoms with Crippen LogP contribution >= 0.6 is 11.3 Å². The van der Waals surface area contributed by atoms with Crippen LogP contribution in [0.2, 0.25) is 0 Å². The van der Waals surface area contributed by atoms with Crippen LogP contribution in [0.1, 0.15) is 57.7 Å². The summed E-state index contributed by atoms with van der Waals surface area (Å²) in [7, 11) is 0. The first kappa shape index (κ1) is 24.3. The van der Waals surface area contributed by atoms with E-state index in [2.05, 4.69) is 5.32 Å². The maximum absolute atomic E-state index is 12.6. The number of anilines is 1. The predicted octanol–water partition coefficient (Wildman–Crippen LogP) is 5.04. The number of furan rings is 1. The van der Waals surface area contributed by atoms with Crippen molar-refractivity contribution >= 4 is 45.2 Å². The Morgan fingerprint density at radius 1 is 1.03 bits per heavy atom. The molecule has 1 amide bonds. The van der Waals surface area contributed by atoms with Crippen LogP contribution in [0.3, 0.4) is 0 Å². The Morgan fingerprint density at radius 3 is 2.45 bits per heavy atom. The number of carbonyl (C=O) groups excluding carboxylic acids is 3. The molecule has 0 saturated carbocycles. The van der Waals surface area contributed by atoms with Crippen LogP contribution in [0.4, 0.5) is 5.00 Å². The molecule has 0 aliphatic heterocycles. The fourth-order valence-electron chi connectivity index (χ4n) is 3.52. The van der Waals surface area contributed by atoms with Crippen LogP contribution < -0.4 is 10.1 Å². The number of ether oxygens (including phenoxy) is 3. The Morgan fingerprint density at radius 2 is 1.79 bits per heavy atom. The summed E-state index contributed by atoms with van der Waals surface area (Å²) in [6, 6.07) is 5.27. The molecular weight excluding hydrogens is 446 g/mol. The van der Waals surface area contributed by atoms with Gasteiger partial charge < -0.3 is 23.9 Å². The Hall–Kier alpha value is -3.33. The molecule has 0 aliphatic carbocycles. The minimum atomic E-state index is -0.751. The molecule has 0 saturated heterocycles. The predicted molar refractivity (Wildman–Crippen MR) is 125 cm³/mol. The molecule has 0 aliphatic rings. The van der Waals surface area contributed by atoms with E-state index in [0.717, 1.165) is 15.8 Å². The number of thiophene rings is 1. The summed E-state index contributed by atoms with van der Waals surface area (Å²) < 4.78 is 21.4. The fraction of sp³-hybridized carbons (Fsp3) is 0.375. The third-order valence-electron chi connectivity index (χ3n) is 5.03. The number of esters is 2. The van der Waals surface area contributed by atoms with Crippen molar-refractivity contribution in [1.82, 2.24) is 0 Å². The molecule has 176 valence electrons. The zero-order valence-corrected chi connectivity index (χ0v) is 20.1. The van der Waals surface area contributed by atoms with Crippen molar-refractivity contribution in [1.29, 1.82) is 0 Å². The SMILES string of the molecule is CCOC(=O)c1c(NC(=O)COC(=O)c2oc3ccc(OCC)cc3c2C)sc(C)c1CC. The number of aryl methyl sites for hydroxylation is 2. The molecule has 33 heavy (non-hydrogen) atoms. The third kappa shape index (κ3) is 5.19. The van der Waals surface area contributed by atoms with Crippen LogP contribution in [0, 0.1) is 13.8 Å².